The molecule has 6 heteroatoms. The fourth-order valence-corrected chi connectivity index (χ4v) is 3.13. The van der Waals surface area contributed by atoms with E-state index in [1.54, 1.807) is 12.1 Å². The molecule has 150 valence electrons. The molecule has 0 aliphatic carbocycles. The number of aromatic nitrogens is 2. The van der Waals surface area contributed by atoms with Crippen LogP contribution in [0.15, 0.2) is 72.8 Å². The van der Waals surface area contributed by atoms with E-state index in [1.165, 1.54) is 19.2 Å². The highest BCUT2D eigenvalue weighted by atomic mass is 19.1. The highest BCUT2D eigenvalue weighted by molar-refractivity contribution is 6.23. The van der Waals surface area contributed by atoms with Gasteiger partial charge >= 0.3 is 0 Å². The number of nitrogens with zero attached hydrogens (tertiary/aromatic N) is 1. The molecule has 4 aromatic rings. The van der Waals surface area contributed by atoms with Gasteiger partial charge in [0.15, 0.2) is 11.6 Å². The van der Waals surface area contributed by atoms with Gasteiger partial charge in [0.25, 0.3) is 5.91 Å². The number of methoxy groups -OCH3 is 1. The molecule has 0 saturated heterocycles. The Morgan fingerprint density at radius 2 is 1.87 bits per heavy atom. The molecule has 0 bridgehead atoms. The van der Waals surface area contributed by atoms with Crippen molar-refractivity contribution in [3.63, 3.8) is 0 Å². The SMILES string of the molecule is COc1ccc(/C=C(/C(=O)NCc2ccccc2)c2nc3ccccc3[nH]2)cc1F. The number of amides is 1. The highest BCUT2D eigenvalue weighted by Gasteiger charge is 2.17. The first-order valence-corrected chi connectivity index (χ1v) is 9.46. The zero-order valence-corrected chi connectivity index (χ0v) is 16.4. The molecule has 0 radical (unpaired) electrons. The second-order valence-electron chi connectivity index (χ2n) is 6.72. The summed E-state index contributed by atoms with van der Waals surface area (Å²) in [6.07, 6.45) is 1.61. The molecular weight excluding hydrogens is 381 g/mol. The second kappa shape index (κ2) is 8.61. The molecule has 5 nitrogen and oxygen atoms in total. The Kier molecular flexibility index (Phi) is 5.57. The number of fused-ring (bicyclic) bond motifs is 1. The van der Waals surface area contributed by atoms with Crippen molar-refractivity contribution >= 4 is 28.6 Å². The number of hydrogen-bond acceptors (Lipinski definition) is 3. The molecule has 0 spiro atoms. The van der Waals surface area contributed by atoms with Gasteiger partial charge in [-0.3, -0.25) is 4.79 Å². The van der Waals surface area contributed by atoms with Crippen LogP contribution in [-0.2, 0) is 11.3 Å². The van der Waals surface area contributed by atoms with E-state index >= 15 is 0 Å². The maximum atomic E-state index is 14.2. The van der Waals surface area contributed by atoms with Gasteiger partial charge < -0.3 is 15.0 Å². The quantitative estimate of drug-likeness (QED) is 0.465. The Balaban J connectivity index is 1.70. The lowest BCUT2D eigenvalue weighted by Gasteiger charge is -2.08. The topological polar surface area (TPSA) is 67.0 Å². The number of halogens is 1. The molecule has 4 rings (SSSR count). The van der Waals surface area contributed by atoms with E-state index in [0.29, 0.717) is 23.5 Å². The van der Waals surface area contributed by atoms with Crippen LogP contribution in [0, 0.1) is 5.82 Å². The van der Waals surface area contributed by atoms with Crippen molar-refractivity contribution in [1.29, 1.82) is 0 Å². The third kappa shape index (κ3) is 4.22. The molecule has 0 atom stereocenters. The molecule has 3 aromatic carbocycles. The third-order valence-electron chi connectivity index (χ3n) is 4.67. The fraction of sp³-hybridized carbons (Fsp3) is 0.0833. The first kappa shape index (κ1) is 19.4. The molecule has 1 aromatic heterocycles. The van der Waals surface area contributed by atoms with Gasteiger partial charge in [0, 0.05) is 6.54 Å². The van der Waals surface area contributed by atoms with Crippen LogP contribution < -0.4 is 10.1 Å². The van der Waals surface area contributed by atoms with Crippen LogP contribution in [0.1, 0.15) is 17.0 Å². The molecule has 0 saturated carbocycles. The Labute approximate surface area is 173 Å². The number of nitrogens with one attached hydrogen (secondary N) is 2. The lowest BCUT2D eigenvalue weighted by molar-refractivity contribution is -0.115. The summed E-state index contributed by atoms with van der Waals surface area (Å²) in [5.74, 6) is -0.252. The Morgan fingerprint density at radius 3 is 2.60 bits per heavy atom. The van der Waals surface area contributed by atoms with Crippen molar-refractivity contribution in [3.8, 4) is 5.75 Å². The number of rotatable bonds is 6. The van der Waals surface area contributed by atoms with E-state index in [1.807, 2.05) is 54.6 Å². The summed E-state index contributed by atoms with van der Waals surface area (Å²) in [6.45, 7) is 0.369. The summed E-state index contributed by atoms with van der Waals surface area (Å²) >= 11 is 0. The zero-order valence-electron chi connectivity index (χ0n) is 16.4. The van der Waals surface area contributed by atoms with Crippen LogP contribution in [0.3, 0.4) is 0 Å². The maximum Gasteiger partial charge on any atom is 0.255 e. The number of imidazole rings is 1. The lowest BCUT2D eigenvalue weighted by atomic mass is 10.1. The normalized spacial score (nSPS) is 11.5. The maximum absolute atomic E-state index is 14.2. The number of hydrogen-bond donors (Lipinski definition) is 2. The first-order valence-electron chi connectivity index (χ1n) is 9.46. The molecule has 0 fully saturated rings. The van der Waals surface area contributed by atoms with Gasteiger partial charge in [-0.05, 0) is 41.5 Å². The van der Waals surface area contributed by atoms with Crippen molar-refractivity contribution in [1.82, 2.24) is 15.3 Å². The molecule has 30 heavy (non-hydrogen) atoms. The Morgan fingerprint density at radius 1 is 1.10 bits per heavy atom. The smallest absolute Gasteiger partial charge is 0.255 e. The Bertz CT molecular complexity index is 1180. The van der Waals surface area contributed by atoms with Gasteiger partial charge in [0.2, 0.25) is 0 Å². The summed E-state index contributed by atoms with van der Waals surface area (Å²) < 4.78 is 19.1. The van der Waals surface area contributed by atoms with E-state index in [0.717, 1.165) is 16.6 Å². The monoisotopic (exact) mass is 401 g/mol. The summed E-state index contributed by atoms with van der Waals surface area (Å²) in [4.78, 5) is 20.8. The number of aromatic amines is 1. The summed E-state index contributed by atoms with van der Waals surface area (Å²) in [7, 11) is 1.41. The van der Waals surface area contributed by atoms with Crippen LogP contribution in [0.5, 0.6) is 5.75 Å². The van der Waals surface area contributed by atoms with E-state index in [-0.39, 0.29) is 11.7 Å². The minimum absolute atomic E-state index is 0.144. The van der Waals surface area contributed by atoms with Gasteiger partial charge in [-0.1, -0.05) is 48.5 Å². The van der Waals surface area contributed by atoms with Crippen LogP contribution >= 0.6 is 0 Å². The van der Waals surface area contributed by atoms with Crippen LogP contribution in [-0.4, -0.2) is 23.0 Å². The lowest BCUT2D eigenvalue weighted by Crippen LogP contribution is -2.24. The zero-order chi connectivity index (χ0) is 20.9. The molecule has 1 heterocycles. The van der Waals surface area contributed by atoms with Crippen molar-refractivity contribution in [3.05, 3.63) is 95.6 Å². The second-order valence-corrected chi connectivity index (χ2v) is 6.72. The Hall–Kier alpha value is -3.93. The van der Waals surface area contributed by atoms with E-state index < -0.39 is 5.82 Å². The van der Waals surface area contributed by atoms with E-state index in [4.69, 9.17) is 4.74 Å². The first-order chi connectivity index (χ1) is 14.6. The van der Waals surface area contributed by atoms with Crippen LogP contribution in [0.4, 0.5) is 4.39 Å². The number of para-hydroxylation sites is 2. The minimum atomic E-state index is -0.500. The number of carbonyl (C=O) groups is 1. The van der Waals surface area contributed by atoms with Gasteiger partial charge in [-0.2, -0.15) is 0 Å². The number of carbonyl (C=O) groups excluding carboxylic acids is 1. The van der Waals surface area contributed by atoms with Crippen molar-refractivity contribution < 1.29 is 13.9 Å². The van der Waals surface area contributed by atoms with Crippen molar-refractivity contribution in [2.75, 3.05) is 7.11 Å². The minimum Gasteiger partial charge on any atom is -0.494 e. The average Bonchev–Trinajstić information content (AvgIpc) is 3.20. The molecule has 0 unspecified atom stereocenters. The average molecular weight is 401 g/mol. The van der Waals surface area contributed by atoms with Gasteiger partial charge in [-0.25, -0.2) is 9.37 Å². The molecular formula is C24H20FN3O2. The predicted molar refractivity (Wildman–Crippen MR) is 115 cm³/mol. The standard InChI is InChI=1S/C24H20FN3O2/c1-30-22-12-11-17(14-19(22)25)13-18(23-27-20-9-5-6-10-21(20)28-23)24(29)26-15-16-7-3-2-4-8-16/h2-14H,15H2,1H3,(H,26,29)(H,27,28)/b18-13+. The summed E-state index contributed by atoms with van der Waals surface area (Å²) in [6, 6.07) is 21.7. The number of benzene rings is 3. The number of H-pyrrole nitrogens is 1. The molecule has 0 aliphatic rings. The predicted octanol–water partition coefficient (Wildman–Crippen LogP) is 4.57. The molecule has 0 aliphatic heterocycles. The summed E-state index contributed by atoms with van der Waals surface area (Å²) in [5, 5.41) is 2.91. The van der Waals surface area contributed by atoms with E-state index in [2.05, 4.69) is 15.3 Å². The molecule has 2 N–H and O–H groups in total. The van der Waals surface area contributed by atoms with Gasteiger partial charge in [0.05, 0.1) is 23.7 Å². The van der Waals surface area contributed by atoms with Crippen LogP contribution in [0.2, 0.25) is 0 Å². The van der Waals surface area contributed by atoms with Gasteiger partial charge in [-0.15, -0.1) is 0 Å². The van der Waals surface area contributed by atoms with Crippen molar-refractivity contribution in [2.24, 2.45) is 0 Å². The van der Waals surface area contributed by atoms with E-state index in [9.17, 15) is 9.18 Å². The van der Waals surface area contributed by atoms with Crippen LogP contribution in [0.25, 0.3) is 22.7 Å². The summed E-state index contributed by atoms with van der Waals surface area (Å²) in [5.41, 5.74) is 3.38. The van der Waals surface area contributed by atoms with Gasteiger partial charge in [0.1, 0.15) is 5.82 Å². The highest BCUT2D eigenvalue weighted by Crippen LogP contribution is 2.23. The fourth-order valence-electron chi connectivity index (χ4n) is 3.13. The number of ether oxygens (including phenoxy) is 1. The van der Waals surface area contributed by atoms with Crippen molar-refractivity contribution in [2.45, 2.75) is 6.54 Å². The molecule has 1 amide bonds. The third-order valence-corrected chi connectivity index (χ3v) is 4.67. The largest absolute Gasteiger partial charge is 0.494 e.